The summed E-state index contributed by atoms with van der Waals surface area (Å²) in [6.07, 6.45) is 1.33. The van der Waals surface area contributed by atoms with Crippen LogP contribution >= 0.6 is 34.8 Å². The minimum atomic E-state index is -2.19. The Morgan fingerprint density at radius 3 is 2.29 bits per heavy atom. The minimum Gasteiger partial charge on any atom is -0.503 e. The van der Waals surface area contributed by atoms with Crippen LogP contribution in [0.15, 0.2) is 88.0 Å². The van der Waals surface area contributed by atoms with Crippen LogP contribution in [-0.2, 0) is 16.1 Å². The molecule has 1 aromatic heterocycles. The zero-order chi connectivity index (χ0) is 32.0. The molecule has 2 aliphatic heterocycles. The Balaban J connectivity index is 1.49. The number of ether oxygens (including phenoxy) is 1. The van der Waals surface area contributed by atoms with Crippen molar-refractivity contribution in [1.82, 2.24) is 13.9 Å². The number of para-hydroxylation sites is 1. The largest absolute Gasteiger partial charge is 0.503 e. The lowest BCUT2D eigenvalue weighted by molar-refractivity contribution is -0.122. The zero-order valence-electron chi connectivity index (χ0n) is 23.3. The molecule has 45 heavy (non-hydrogen) atoms. The lowest BCUT2D eigenvalue weighted by Crippen LogP contribution is -2.59. The van der Waals surface area contributed by atoms with E-state index in [2.05, 4.69) is 0 Å². The van der Waals surface area contributed by atoms with Gasteiger partial charge in [-0.2, -0.15) is 0 Å². The van der Waals surface area contributed by atoms with Gasteiger partial charge < -0.3 is 9.84 Å². The summed E-state index contributed by atoms with van der Waals surface area (Å²) in [4.78, 5) is 52.7. The van der Waals surface area contributed by atoms with Crippen LogP contribution in [0.25, 0.3) is 5.69 Å². The van der Waals surface area contributed by atoms with Gasteiger partial charge in [0, 0.05) is 12.3 Å². The topological polar surface area (TPSA) is 116 Å². The number of carbonyl (C=O) groups is 2. The molecule has 2 amide bonds. The van der Waals surface area contributed by atoms with E-state index in [1.807, 2.05) is 0 Å². The molecule has 0 bridgehead atoms. The zero-order valence-corrected chi connectivity index (χ0v) is 25.6. The first-order valence-corrected chi connectivity index (χ1v) is 14.9. The minimum absolute atomic E-state index is 0.0343. The summed E-state index contributed by atoms with van der Waals surface area (Å²) >= 11 is 21.0. The highest BCUT2D eigenvalue weighted by molar-refractivity contribution is 6.58. The number of phenolic OH excluding ortho intramolecular Hbond substituents is 1. The van der Waals surface area contributed by atoms with Crippen LogP contribution in [0.2, 0.25) is 5.02 Å². The molecule has 3 heterocycles. The summed E-state index contributed by atoms with van der Waals surface area (Å²) in [6, 6.07) is 14.8. The summed E-state index contributed by atoms with van der Waals surface area (Å²) in [5, 5.41) is 10.4. The fourth-order valence-electron chi connectivity index (χ4n) is 6.75. The van der Waals surface area contributed by atoms with Gasteiger partial charge in [-0.1, -0.05) is 35.9 Å². The molecule has 3 aliphatic rings. The molecule has 0 radical (unpaired) electrons. The number of carbonyl (C=O) groups excluding carboxylic acids is 2. The maximum Gasteiger partial charge on any atom is 0.352 e. The van der Waals surface area contributed by atoms with Crippen molar-refractivity contribution in [2.45, 2.75) is 34.7 Å². The molecular formula is C31H22Cl3FN4O6. The summed E-state index contributed by atoms with van der Waals surface area (Å²) in [5.41, 5.74) is -0.217. The molecular weight excluding hydrogens is 650 g/mol. The van der Waals surface area contributed by atoms with E-state index < -0.39 is 50.7 Å². The number of alkyl halides is 2. The van der Waals surface area contributed by atoms with E-state index in [4.69, 9.17) is 39.5 Å². The Kier molecular flexibility index (Phi) is 6.60. The molecule has 1 N–H and O–H groups in total. The number of benzene rings is 3. The molecule has 14 heteroatoms. The highest BCUT2D eigenvalue weighted by Gasteiger charge is 2.75. The highest BCUT2D eigenvalue weighted by atomic mass is 35.5. The number of fused-ring (bicyclic) bond motifs is 4. The number of nitrogens with zero attached hydrogens (tertiary/aromatic N) is 4. The molecule has 10 nitrogen and oxygen atoms in total. The maximum atomic E-state index is 14.4. The van der Waals surface area contributed by atoms with E-state index in [9.17, 15) is 28.7 Å². The van der Waals surface area contributed by atoms with E-state index in [1.54, 1.807) is 36.4 Å². The smallest absolute Gasteiger partial charge is 0.352 e. The second-order valence-electron chi connectivity index (χ2n) is 11.0. The second kappa shape index (κ2) is 10.1. The van der Waals surface area contributed by atoms with Gasteiger partial charge in [-0.15, -0.1) is 23.2 Å². The Morgan fingerprint density at radius 2 is 1.62 bits per heavy atom. The van der Waals surface area contributed by atoms with E-state index in [0.29, 0.717) is 11.3 Å². The molecule has 230 valence electrons. The van der Waals surface area contributed by atoms with Crippen LogP contribution in [-0.4, -0.2) is 47.7 Å². The second-order valence-corrected chi connectivity index (χ2v) is 12.7. The number of hydrogen-bond acceptors (Lipinski definition) is 6. The molecule has 4 unspecified atom stereocenters. The maximum absolute atomic E-state index is 14.4. The number of allylic oxidation sites excluding steroid dienone is 2. The number of amides is 2. The fraction of sp³-hybridized carbons (Fsp3) is 0.226. The Bertz CT molecular complexity index is 2080. The molecule has 0 spiro atoms. The number of aromatic nitrogens is 3. The monoisotopic (exact) mass is 670 g/mol. The number of anilines is 1. The molecule has 3 aromatic carbocycles. The van der Waals surface area contributed by atoms with E-state index in [0.717, 1.165) is 21.6 Å². The van der Waals surface area contributed by atoms with Crippen LogP contribution in [0, 0.1) is 5.82 Å². The van der Waals surface area contributed by atoms with Crippen molar-refractivity contribution < 1.29 is 23.8 Å². The number of methoxy groups -OCH3 is 1. The quantitative estimate of drug-likeness (QED) is 0.194. The number of rotatable bonds is 4. The number of aromatic hydroxyl groups is 1. The van der Waals surface area contributed by atoms with Crippen LogP contribution in [0.3, 0.4) is 0 Å². The van der Waals surface area contributed by atoms with E-state index in [1.165, 1.54) is 40.7 Å². The Labute approximate surface area is 269 Å². The van der Waals surface area contributed by atoms with E-state index >= 15 is 0 Å². The summed E-state index contributed by atoms with van der Waals surface area (Å²) in [5.74, 6) is -3.95. The van der Waals surface area contributed by atoms with Gasteiger partial charge in [-0.05, 0) is 59.7 Å². The van der Waals surface area contributed by atoms with Crippen LogP contribution in [0.5, 0.6) is 11.5 Å². The molecule has 1 aliphatic carbocycles. The molecule has 4 atom stereocenters. The first kappa shape index (κ1) is 29.4. The lowest BCUT2D eigenvalue weighted by atomic mass is 9.64. The first-order valence-electron chi connectivity index (χ1n) is 13.7. The van der Waals surface area contributed by atoms with Crippen LogP contribution in [0.1, 0.15) is 23.9 Å². The van der Waals surface area contributed by atoms with Gasteiger partial charge >= 0.3 is 11.4 Å². The SMILES string of the molecule is COc1cc(C2C3=CCn4c(=O)n(-c5ccccc5)c(=O)n4C3CC3(Cl)C(=O)N(c4ccc(F)cc4)C(=O)C23Cl)cc(Cl)c1O. The van der Waals surface area contributed by atoms with E-state index in [-0.39, 0.29) is 40.7 Å². The van der Waals surface area contributed by atoms with Crippen molar-refractivity contribution in [2.75, 3.05) is 12.0 Å². The number of hydrogen-bond donors (Lipinski definition) is 1. The average Bonchev–Trinajstić information content (AvgIpc) is 3.37. The third-order valence-corrected chi connectivity index (χ3v) is 10.5. The Morgan fingerprint density at radius 1 is 0.933 bits per heavy atom. The fourth-order valence-corrected chi connectivity index (χ4v) is 7.88. The Hall–Kier alpha value is -4.32. The van der Waals surface area contributed by atoms with Gasteiger partial charge in [-0.25, -0.2) is 32.8 Å². The average molecular weight is 672 g/mol. The molecule has 1 saturated heterocycles. The molecule has 4 aromatic rings. The molecule has 2 fully saturated rings. The predicted octanol–water partition coefficient (Wildman–Crippen LogP) is 4.50. The summed E-state index contributed by atoms with van der Waals surface area (Å²) in [6.45, 7) is -0.0642. The van der Waals surface area contributed by atoms with Crippen LogP contribution < -0.4 is 21.0 Å². The van der Waals surface area contributed by atoms with Gasteiger partial charge in [0.25, 0.3) is 11.8 Å². The number of imide groups is 1. The van der Waals surface area contributed by atoms with Gasteiger partial charge in [0.1, 0.15) is 5.82 Å². The van der Waals surface area contributed by atoms with Gasteiger partial charge in [0.15, 0.2) is 21.2 Å². The van der Waals surface area contributed by atoms with Crippen molar-refractivity contribution in [3.63, 3.8) is 0 Å². The summed E-state index contributed by atoms with van der Waals surface area (Å²) < 4.78 is 22.6. The highest BCUT2D eigenvalue weighted by Crippen LogP contribution is 2.64. The van der Waals surface area contributed by atoms with Gasteiger partial charge in [-0.3, -0.25) is 9.59 Å². The first-order chi connectivity index (χ1) is 21.4. The normalized spacial score (nSPS) is 25.4. The standard InChI is InChI=1S/C31H22Cl3FN4O6/c1-45-23-14-16(13-21(32)25(23)40)24-20-11-12-36-28(43)38(18-5-3-2-4-6-18)29(44)39(36)22(20)15-30(33)26(41)37(27(42)31(24,30)34)19-9-7-17(35)8-10-19/h2-11,13-14,22,24,40H,12,15H2,1H3. The van der Waals surface area contributed by atoms with Crippen molar-refractivity contribution in [3.8, 4) is 17.2 Å². The third kappa shape index (κ3) is 3.87. The lowest BCUT2D eigenvalue weighted by Gasteiger charge is -2.49. The number of phenols is 1. The van der Waals surface area contributed by atoms with Crippen LogP contribution in [0.4, 0.5) is 10.1 Å². The van der Waals surface area contributed by atoms with Crippen molar-refractivity contribution in [1.29, 1.82) is 0 Å². The van der Waals surface area contributed by atoms with Gasteiger partial charge in [0.05, 0.1) is 36.1 Å². The number of halogens is 4. The molecule has 7 rings (SSSR count). The van der Waals surface area contributed by atoms with Crippen molar-refractivity contribution >= 4 is 52.3 Å². The summed E-state index contributed by atoms with van der Waals surface area (Å²) in [7, 11) is 1.31. The third-order valence-electron chi connectivity index (χ3n) is 8.78. The predicted molar refractivity (Wildman–Crippen MR) is 164 cm³/mol. The molecule has 1 saturated carbocycles. The van der Waals surface area contributed by atoms with Crippen molar-refractivity contribution in [2.24, 2.45) is 0 Å². The van der Waals surface area contributed by atoms with Crippen molar-refractivity contribution in [3.05, 3.63) is 116 Å². The van der Waals surface area contributed by atoms with Gasteiger partial charge in [0.2, 0.25) is 0 Å².